The van der Waals surface area contributed by atoms with Gasteiger partial charge in [0.25, 0.3) is 11.5 Å². The Morgan fingerprint density at radius 2 is 1.90 bits per heavy atom. The molecule has 0 saturated carbocycles. The lowest BCUT2D eigenvalue weighted by atomic mass is 9.97. The van der Waals surface area contributed by atoms with Gasteiger partial charge in [-0.2, -0.15) is 22.7 Å². The number of aryl methyl sites for hydroxylation is 1. The van der Waals surface area contributed by atoms with Gasteiger partial charge in [0.2, 0.25) is 11.7 Å². The summed E-state index contributed by atoms with van der Waals surface area (Å²) < 4.78 is 54.4. The maximum absolute atomic E-state index is 14.5. The van der Waals surface area contributed by atoms with Crippen LogP contribution in [0, 0.1) is 6.92 Å². The van der Waals surface area contributed by atoms with Crippen LogP contribution in [0.25, 0.3) is 22.1 Å². The fourth-order valence-corrected chi connectivity index (χ4v) is 8.50. The van der Waals surface area contributed by atoms with Crippen LogP contribution in [0.2, 0.25) is 5.02 Å². The molecule has 6 heterocycles. The molecule has 0 aliphatic carbocycles. The number of hydrogen-bond acceptors (Lipinski definition) is 10. The first-order chi connectivity index (χ1) is 28.4. The van der Waals surface area contributed by atoms with E-state index in [0.717, 1.165) is 45.5 Å². The zero-order chi connectivity index (χ0) is 41.4. The largest absolute Gasteiger partial charge is 0.485 e. The van der Waals surface area contributed by atoms with Gasteiger partial charge in [0, 0.05) is 23.7 Å². The summed E-state index contributed by atoms with van der Waals surface area (Å²) in [7, 11) is 0. The highest BCUT2D eigenvalue weighted by atomic mass is 35.5. The lowest BCUT2D eigenvalue weighted by molar-refractivity contribution is -0.137. The maximum Gasteiger partial charge on any atom is 0.416 e. The second-order valence-corrected chi connectivity index (χ2v) is 15.5. The number of carbonyl (C=O) groups is 2. The van der Waals surface area contributed by atoms with Crippen LogP contribution >= 0.6 is 22.9 Å². The number of carbonyl (C=O) groups excluding carboxylic acids is 2. The molecule has 59 heavy (non-hydrogen) atoms. The van der Waals surface area contributed by atoms with Gasteiger partial charge in [-0.3, -0.25) is 14.4 Å². The molecule has 2 amide bonds. The number of alkyl halides is 3. The SMILES string of the molecule is CCc1c(C2=CCN(C(=O)c3ncnc(C)c3OCc3ccccc3)CC2)c(=O)n2nc(-c3cc4c(s3)COCC4)nc2n1CC(=O)Nc1ccc(C(F)(F)F)cc1Cl. The molecular formula is C41H36ClF3N8O5S. The summed E-state index contributed by atoms with van der Waals surface area (Å²) in [6, 6.07) is 14.2. The minimum atomic E-state index is -4.62. The van der Waals surface area contributed by atoms with E-state index >= 15 is 0 Å². The molecule has 0 unspecified atom stereocenters. The minimum Gasteiger partial charge on any atom is -0.485 e. The molecule has 2 aliphatic heterocycles. The highest BCUT2D eigenvalue weighted by Crippen LogP contribution is 2.35. The van der Waals surface area contributed by atoms with E-state index in [1.807, 2.05) is 43.3 Å². The van der Waals surface area contributed by atoms with Crippen LogP contribution in [0.5, 0.6) is 5.75 Å². The van der Waals surface area contributed by atoms with Gasteiger partial charge >= 0.3 is 6.18 Å². The van der Waals surface area contributed by atoms with Gasteiger partial charge in [0.05, 0.1) is 45.6 Å². The monoisotopic (exact) mass is 844 g/mol. The predicted octanol–water partition coefficient (Wildman–Crippen LogP) is 7.17. The third kappa shape index (κ3) is 8.09. The highest BCUT2D eigenvalue weighted by molar-refractivity contribution is 7.15. The second kappa shape index (κ2) is 16.4. The van der Waals surface area contributed by atoms with Crippen LogP contribution in [0.4, 0.5) is 18.9 Å². The van der Waals surface area contributed by atoms with Gasteiger partial charge in [0.1, 0.15) is 19.5 Å². The zero-order valence-electron chi connectivity index (χ0n) is 31.8. The molecule has 18 heteroatoms. The number of nitrogens with zero attached hydrogens (tertiary/aromatic N) is 7. The van der Waals surface area contributed by atoms with Crippen molar-refractivity contribution in [2.45, 2.75) is 59.0 Å². The molecule has 2 aliphatic rings. The Hall–Kier alpha value is -5.91. The number of anilines is 1. The standard InChI is InChI=1S/C41H36ClF3N8O5S/c1-3-30-34(25-11-14-51(15-12-25)39(56)35-36(23(2)46-22-47-35)58-20-24-7-5-4-6-8-24)38(55)53-40(49-37(50-53)31-17-26-13-16-57-21-32(26)59-31)52(30)19-33(54)48-29-10-9-27(18-28(29)42)41(43,44)45/h4-11,17-18,22H,3,12-16,19-21H2,1-2H3,(H,48,54). The summed E-state index contributed by atoms with van der Waals surface area (Å²) in [6.07, 6.45) is -0.176. The van der Waals surface area contributed by atoms with Gasteiger partial charge in [0.15, 0.2) is 17.3 Å². The van der Waals surface area contributed by atoms with E-state index in [2.05, 4.69) is 20.4 Å². The van der Waals surface area contributed by atoms with Crippen molar-refractivity contribution in [2.24, 2.45) is 0 Å². The molecule has 13 nitrogen and oxygen atoms in total. The van der Waals surface area contributed by atoms with Crippen LogP contribution in [0.3, 0.4) is 0 Å². The molecule has 2 aromatic carbocycles. The molecule has 0 atom stereocenters. The van der Waals surface area contributed by atoms with Crippen molar-refractivity contribution in [3.05, 3.63) is 127 Å². The van der Waals surface area contributed by atoms with Crippen LogP contribution in [0.15, 0.2) is 71.8 Å². The maximum atomic E-state index is 14.5. The van der Waals surface area contributed by atoms with E-state index in [-0.39, 0.29) is 66.5 Å². The Bertz CT molecular complexity index is 2670. The molecule has 4 aromatic heterocycles. The summed E-state index contributed by atoms with van der Waals surface area (Å²) in [6.45, 7) is 4.87. The first-order valence-corrected chi connectivity index (χ1v) is 19.9. The van der Waals surface area contributed by atoms with Crippen molar-refractivity contribution in [3.8, 4) is 16.5 Å². The third-order valence-electron chi connectivity index (χ3n) is 10.2. The second-order valence-electron chi connectivity index (χ2n) is 14.0. The van der Waals surface area contributed by atoms with E-state index in [1.165, 1.54) is 22.2 Å². The molecule has 8 rings (SSSR count). The number of nitrogens with one attached hydrogen (secondary N) is 1. The molecule has 6 aromatic rings. The Morgan fingerprint density at radius 1 is 1.08 bits per heavy atom. The summed E-state index contributed by atoms with van der Waals surface area (Å²) in [5.41, 5.74) is 2.71. The molecular weight excluding hydrogens is 809 g/mol. The summed E-state index contributed by atoms with van der Waals surface area (Å²) in [5, 5.41) is 6.98. The number of thiophene rings is 1. The first-order valence-electron chi connectivity index (χ1n) is 18.7. The van der Waals surface area contributed by atoms with Gasteiger partial charge < -0.3 is 24.3 Å². The van der Waals surface area contributed by atoms with E-state index in [0.29, 0.717) is 48.0 Å². The Labute approximate surface area is 344 Å². The average molecular weight is 845 g/mol. The minimum absolute atomic E-state index is 0.0132. The van der Waals surface area contributed by atoms with Crippen LogP contribution in [-0.4, -0.2) is 65.5 Å². The third-order valence-corrected chi connectivity index (χ3v) is 11.6. The summed E-state index contributed by atoms with van der Waals surface area (Å²) in [4.78, 5) is 58.8. The molecule has 0 fully saturated rings. The molecule has 1 N–H and O–H groups in total. The van der Waals surface area contributed by atoms with Crippen LogP contribution < -0.4 is 15.6 Å². The van der Waals surface area contributed by atoms with Crippen molar-refractivity contribution >= 4 is 51.8 Å². The topological polar surface area (TPSA) is 146 Å². The average Bonchev–Trinajstić information content (AvgIpc) is 3.88. The van der Waals surface area contributed by atoms with Gasteiger partial charge in [-0.25, -0.2) is 9.97 Å². The van der Waals surface area contributed by atoms with Crippen molar-refractivity contribution in [2.75, 3.05) is 25.0 Å². The summed E-state index contributed by atoms with van der Waals surface area (Å²) in [5.74, 6) is -0.292. The fourth-order valence-electron chi connectivity index (χ4n) is 7.19. The van der Waals surface area contributed by atoms with E-state index < -0.39 is 23.2 Å². The van der Waals surface area contributed by atoms with Crippen molar-refractivity contribution < 1.29 is 32.2 Å². The predicted molar refractivity (Wildman–Crippen MR) is 214 cm³/mol. The highest BCUT2D eigenvalue weighted by Gasteiger charge is 2.32. The van der Waals surface area contributed by atoms with Gasteiger partial charge in [-0.1, -0.05) is 54.9 Å². The Morgan fingerprint density at radius 3 is 2.61 bits per heavy atom. The number of rotatable bonds is 10. The molecule has 0 saturated heterocycles. The molecule has 0 bridgehead atoms. The van der Waals surface area contributed by atoms with Crippen molar-refractivity contribution in [1.82, 2.24) is 34.0 Å². The van der Waals surface area contributed by atoms with Gasteiger partial charge in [-0.15, -0.1) is 16.4 Å². The number of aromatic nitrogens is 6. The fraction of sp³-hybridized carbons (Fsp3) is 0.293. The van der Waals surface area contributed by atoms with Crippen molar-refractivity contribution in [3.63, 3.8) is 0 Å². The first kappa shape index (κ1) is 39.9. The number of benzene rings is 2. The lowest BCUT2D eigenvalue weighted by Crippen LogP contribution is -2.37. The molecule has 0 radical (unpaired) electrons. The van der Waals surface area contributed by atoms with E-state index in [1.54, 1.807) is 22.5 Å². The van der Waals surface area contributed by atoms with E-state index in [9.17, 15) is 27.6 Å². The molecule has 0 spiro atoms. The number of amides is 2. The van der Waals surface area contributed by atoms with Crippen molar-refractivity contribution in [1.29, 1.82) is 0 Å². The summed E-state index contributed by atoms with van der Waals surface area (Å²) >= 11 is 7.65. The zero-order valence-corrected chi connectivity index (χ0v) is 33.4. The quantitative estimate of drug-likeness (QED) is 0.152. The smallest absolute Gasteiger partial charge is 0.416 e. The Kier molecular flexibility index (Phi) is 11.1. The van der Waals surface area contributed by atoms with Crippen LogP contribution in [0.1, 0.15) is 62.4 Å². The number of halogens is 4. The number of fused-ring (bicyclic) bond motifs is 2. The van der Waals surface area contributed by atoms with Gasteiger partial charge in [-0.05, 0) is 67.2 Å². The lowest BCUT2D eigenvalue weighted by Gasteiger charge is -2.28. The van der Waals surface area contributed by atoms with E-state index in [4.69, 9.17) is 26.1 Å². The normalized spacial score (nSPS) is 14.3. The van der Waals surface area contributed by atoms with Crippen LogP contribution in [-0.2, 0) is 48.3 Å². The molecule has 304 valence electrons. The number of ether oxygens (including phenoxy) is 2. The Balaban J connectivity index is 1.13. The number of hydrogen-bond donors (Lipinski definition) is 1.